The molecule has 1 aromatic carbocycles. The van der Waals surface area contributed by atoms with Crippen molar-refractivity contribution >= 4 is 15.9 Å². The zero-order valence-electron chi connectivity index (χ0n) is 10.7. The highest BCUT2D eigenvalue weighted by Crippen LogP contribution is 2.38. The van der Waals surface area contributed by atoms with Gasteiger partial charge in [0.25, 0.3) is 0 Å². The molecule has 2 rings (SSSR count). The van der Waals surface area contributed by atoms with E-state index in [0.717, 1.165) is 17.3 Å². The van der Waals surface area contributed by atoms with Crippen LogP contribution in [-0.4, -0.2) is 18.3 Å². The summed E-state index contributed by atoms with van der Waals surface area (Å²) < 4.78 is 1.13. The highest BCUT2D eigenvalue weighted by Gasteiger charge is 2.27. The van der Waals surface area contributed by atoms with Gasteiger partial charge in [-0.1, -0.05) is 28.1 Å². The molecule has 0 amide bonds. The summed E-state index contributed by atoms with van der Waals surface area (Å²) in [5.41, 5.74) is 7.33. The Kier molecular flexibility index (Phi) is 5.22. The fourth-order valence-electron chi connectivity index (χ4n) is 3.11. The minimum atomic E-state index is 0.344. The molecule has 1 unspecified atom stereocenters. The smallest absolute Gasteiger partial charge is 0.0459 e. The highest BCUT2D eigenvalue weighted by molar-refractivity contribution is 9.10. The van der Waals surface area contributed by atoms with Crippen LogP contribution in [0.2, 0.25) is 0 Å². The van der Waals surface area contributed by atoms with E-state index in [-0.39, 0.29) is 0 Å². The summed E-state index contributed by atoms with van der Waals surface area (Å²) in [5, 5.41) is 9.20. The van der Waals surface area contributed by atoms with E-state index in [0.29, 0.717) is 30.9 Å². The van der Waals surface area contributed by atoms with Gasteiger partial charge in [0.05, 0.1) is 0 Å². The Balaban J connectivity index is 2.05. The Morgan fingerprint density at radius 2 is 2.00 bits per heavy atom. The van der Waals surface area contributed by atoms with Crippen molar-refractivity contribution in [3.63, 3.8) is 0 Å². The van der Waals surface area contributed by atoms with Gasteiger partial charge in [0.1, 0.15) is 0 Å². The highest BCUT2D eigenvalue weighted by atomic mass is 79.9. The second kappa shape index (κ2) is 6.69. The molecule has 0 saturated heterocycles. The lowest BCUT2D eigenvalue weighted by Gasteiger charge is -2.33. The zero-order valence-corrected chi connectivity index (χ0v) is 12.3. The molecule has 1 aliphatic carbocycles. The van der Waals surface area contributed by atoms with Crippen LogP contribution >= 0.6 is 15.9 Å². The minimum absolute atomic E-state index is 0.344. The number of aliphatic hydroxyl groups is 1. The van der Waals surface area contributed by atoms with Crippen LogP contribution < -0.4 is 5.73 Å². The normalized spacial score (nSPS) is 25.9. The first kappa shape index (κ1) is 14.0. The molecule has 100 valence electrons. The quantitative estimate of drug-likeness (QED) is 0.896. The van der Waals surface area contributed by atoms with E-state index in [1.54, 1.807) is 0 Å². The molecule has 3 heteroatoms. The van der Waals surface area contributed by atoms with Gasteiger partial charge in [0, 0.05) is 11.1 Å². The van der Waals surface area contributed by atoms with Gasteiger partial charge in [-0.25, -0.2) is 0 Å². The van der Waals surface area contributed by atoms with Crippen molar-refractivity contribution < 1.29 is 5.11 Å². The van der Waals surface area contributed by atoms with E-state index in [4.69, 9.17) is 5.73 Å². The molecule has 0 spiro atoms. The lowest BCUT2D eigenvalue weighted by molar-refractivity contribution is 0.158. The predicted molar refractivity (Wildman–Crippen MR) is 78.5 cm³/mol. The van der Waals surface area contributed by atoms with Gasteiger partial charge in [-0.05, 0) is 67.7 Å². The van der Waals surface area contributed by atoms with Crippen molar-refractivity contribution in [2.24, 2.45) is 17.6 Å². The fourth-order valence-corrected chi connectivity index (χ4v) is 3.53. The number of halogens is 1. The standard InChI is InChI=1S/C15H22BrNO/c16-14-3-1-2-13(8-14)15(9-17)12-6-4-11(10-18)5-7-12/h1-3,8,11-12,15,18H,4-7,9-10,17H2. The van der Waals surface area contributed by atoms with E-state index >= 15 is 0 Å². The Bertz CT molecular complexity index is 375. The molecule has 1 atom stereocenters. The van der Waals surface area contributed by atoms with Crippen molar-refractivity contribution in [3.05, 3.63) is 34.3 Å². The van der Waals surface area contributed by atoms with Crippen LogP contribution in [-0.2, 0) is 0 Å². The number of rotatable bonds is 4. The summed E-state index contributed by atoms with van der Waals surface area (Å²) in [6.45, 7) is 1.06. The summed E-state index contributed by atoms with van der Waals surface area (Å²) in [7, 11) is 0. The molecule has 0 heterocycles. The van der Waals surface area contributed by atoms with Gasteiger partial charge in [-0.15, -0.1) is 0 Å². The topological polar surface area (TPSA) is 46.2 Å². The average Bonchev–Trinajstić information content (AvgIpc) is 2.40. The minimum Gasteiger partial charge on any atom is -0.396 e. The Hall–Kier alpha value is -0.380. The molecule has 0 bridgehead atoms. The van der Waals surface area contributed by atoms with Crippen LogP contribution in [0, 0.1) is 11.8 Å². The third-order valence-corrected chi connectivity index (χ3v) is 4.74. The van der Waals surface area contributed by atoms with Crippen LogP contribution in [0.25, 0.3) is 0 Å². The van der Waals surface area contributed by atoms with Crippen LogP contribution in [0.5, 0.6) is 0 Å². The number of nitrogens with two attached hydrogens (primary N) is 1. The van der Waals surface area contributed by atoms with Gasteiger partial charge in [-0.3, -0.25) is 0 Å². The van der Waals surface area contributed by atoms with Gasteiger partial charge < -0.3 is 10.8 Å². The van der Waals surface area contributed by atoms with Crippen LogP contribution in [0.4, 0.5) is 0 Å². The SMILES string of the molecule is NCC(c1cccc(Br)c1)C1CCC(CO)CC1. The second-order valence-electron chi connectivity index (χ2n) is 5.36. The third kappa shape index (κ3) is 3.34. The van der Waals surface area contributed by atoms with Crippen molar-refractivity contribution in [2.45, 2.75) is 31.6 Å². The van der Waals surface area contributed by atoms with E-state index in [1.807, 2.05) is 0 Å². The predicted octanol–water partition coefficient (Wildman–Crippen LogP) is 3.29. The number of benzene rings is 1. The molecular weight excluding hydrogens is 290 g/mol. The summed E-state index contributed by atoms with van der Waals surface area (Å²) in [6.07, 6.45) is 4.68. The maximum atomic E-state index is 9.20. The van der Waals surface area contributed by atoms with E-state index < -0.39 is 0 Å². The van der Waals surface area contributed by atoms with E-state index in [2.05, 4.69) is 40.2 Å². The molecule has 3 N–H and O–H groups in total. The molecule has 18 heavy (non-hydrogen) atoms. The maximum absolute atomic E-state index is 9.20. The first-order valence-electron chi connectivity index (χ1n) is 6.81. The first-order valence-corrected chi connectivity index (χ1v) is 7.60. The molecular formula is C15H22BrNO. The lowest BCUT2D eigenvalue weighted by Crippen LogP contribution is -2.26. The Labute approximate surface area is 118 Å². The van der Waals surface area contributed by atoms with Crippen LogP contribution in [0.1, 0.15) is 37.2 Å². The van der Waals surface area contributed by atoms with Crippen molar-refractivity contribution in [1.29, 1.82) is 0 Å². The van der Waals surface area contributed by atoms with Crippen molar-refractivity contribution in [1.82, 2.24) is 0 Å². The molecule has 1 aliphatic rings. The summed E-state index contributed by atoms with van der Waals surface area (Å²) in [5.74, 6) is 1.65. The Morgan fingerprint density at radius 1 is 1.28 bits per heavy atom. The molecule has 2 nitrogen and oxygen atoms in total. The van der Waals surface area contributed by atoms with Crippen LogP contribution in [0.3, 0.4) is 0 Å². The molecule has 0 aromatic heterocycles. The molecule has 1 fully saturated rings. The van der Waals surface area contributed by atoms with Crippen molar-refractivity contribution in [3.8, 4) is 0 Å². The molecule has 0 radical (unpaired) electrons. The largest absolute Gasteiger partial charge is 0.396 e. The molecule has 1 saturated carbocycles. The molecule has 1 aromatic rings. The van der Waals surface area contributed by atoms with E-state index in [9.17, 15) is 5.11 Å². The van der Waals surface area contributed by atoms with Gasteiger partial charge in [-0.2, -0.15) is 0 Å². The number of hydrogen-bond acceptors (Lipinski definition) is 2. The van der Waals surface area contributed by atoms with E-state index in [1.165, 1.54) is 18.4 Å². The average molecular weight is 312 g/mol. The van der Waals surface area contributed by atoms with Gasteiger partial charge in [0.2, 0.25) is 0 Å². The van der Waals surface area contributed by atoms with Gasteiger partial charge in [0.15, 0.2) is 0 Å². The Morgan fingerprint density at radius 3 is 2.56 bits per heavy atom. The first-order chi connectivity index (χ1) is 8.74. The molecule has 0 aliphatic heterocycles. The fraction of sp³-hybridized carbons (Fsp3) is 0.600. The van der Waals surface area contributed by atoms with Crippen LogP contribution in [0.15, 0.2) is 28.7 Å². The number of aliphatic hydroxyl groups excluding tert-OH is 1. The third-order valence-electron chi connectivity index (χ3n) is 4.25. The monoisotopic (exact) mass is 311 g/mol. The van der Waals surface area contributed by atoms with Gasteiger partial charge >= 0.3 is 0 Å². The van der Waals surface area contributed by atoms with Crippen molar-refractivity contribution in [2.75, 3.05) is 13.2 Å². The zero-order chi connectivity index (χ0) is 13.0. The summed E-state index contributed by atoms with van der Waals surface area (Å²) in [4.78, 5) is 0. The number of hydrogen-bond donors (Lipinski definition) is 2. The second-order valence-corrected chi connectivity index (χ2v) is 6.28. The summed E-state index contributed by atoms with van der Waals surface area (Å²) in [6, 6.07) is 8.51. The lowest BCUT2D eigenvalue weighted by atomic mass is 9.74. The summed E-state index contributed by atoms with van der Waals surface area (Å²) >= 11 is 3.53. The maximum Gasteiger partial charge on any atom is 0.0459 e.